The fraction of sp³-hybridized carbons (Fsp3) is 0.625. The van der Waals surface area contributed by atoms with Crippen molar-refractivity contribution in [3.05, 3.63) is 22.0 Å². The summed E-state index contributed by atoms with van der Waals surface area (Å²) in [7, 11) is 0. The zero-order valence-corrected chi connectivity index (χ0v) is 8.02. The second-order valence-electron chi connectivity index (χ2n) is 3.14. The first-order valence-corrected chi connectivity index (χ1v) is 4.27. The van der Waals surface area contributed by atoms with Crippen LogP contribution in [-0.4, -0.2) is 14.5 Å². The Morgan fingerprint density at radius 3 is 2.69 bits per heavy atom. The van der Waals surface area contributed by atoms with Gasteiger partial charge in [0.05, 0.1) is 6.54 Å². The van der Waals surface area contributed by atoms with E-state index in [0.717, 1.165) is 5.69 Å². The maximum Gasteiger partial charge on any atom is 0.434 e. The number of hydrogen-bond donors (Lipinski definition) is 0. The molecule has 0 aromatic carbocycles. The summed E-state index contributed by atoms with van der Waals surface area (Å²) < 4.78 is 1.63. The van der Waals surface area contributed by atoms with Crippen molar-refractivity contribution in [1.82, 2.24) is 9.55 Å². The lowest BCUT2D eigenvalue weighted by atomic mass is 10.1. The predicted molar refractivity (Wildman–Crippen MR) is 48.6 cm³/mol. The molecule has 1 aromatic heterocycles. The lowest BCUT2D eigenvalue weighted by molar-refractivity contribution is -0.396. The van der Waals surface area contributed by atoms with Crippen molar-refractivity contribution in [1.29, 1.82) is 0 Å². The highest BCUT2D eigenvalue weighted by Crippen LogP contribution is 2.19. The Morgan fingerprint density at radius 2 is 2.31 bits per heavy atom. The highest BCUT2D eigenvalue weighted by Gasteiger charge is 2.20. The van der Waals surface area contributed by atoms with E-state index in [4.69, 9.17) is 0 Å². The molecule has 1 rings (SSSR count). The van der Waals surface area contributed by atoms with E-state index in [0.29, 0.717) is 6.54 Å². The molecular weight excluding hydrogens is 170 g/mol. The maximum atomic E-state index is 10.5. The molecule has 0 amide bonds. The largest absolute Gasteiger partial charge is 0.434 e. The lowest BCUT2D eigenvalue weighted by Crippen LogP contribution is -2.06. The fourth-order valence-corrected chi connectivity index (χ4v) is 1.31. The monoisotopic (exact) mass is 183 g/mol. The molecule has 0 unspecified atom stereocenters. The van der Waals surface area contributed by atoms with Crippen LogP contribution in [0.4, 0.5) is 5.95 Å². The van der Waals surface area contributed by atoms with Gasteiger partial charge in [-0.1, -0.05) is 18.8 Å². The third-order valence-electron chi connectivity index (χ3n) is 1.94. The second kappa shape index (κ2) is 3.55. The van der Waals surface area contributed by atoms with E-state index in [2.05, 4.69) is 4.98 Å². The Bertz CT molecular complexity index is 317. The number of nitrogens with zero attached hydrogens (tertiary/aromatic N) is 3. The molecule has 0 saturated carbocycles. The molecule has 0 spiro atoms. The first-order chi connectivity index (χ1) is 6.07. The maximum absolute atomic E-state index is 10.5. The summed E-state index contributed by atoms with van der Waals surface area (Å²) in [6, 6.07) is 0. The number of aromatic nitrogens is 2. The summed E-state index contributed by atoms with van der Waals surface area (Å²) in [5, 5.41) is 10.5. The van der Waals surface area contributed by atoms with Gasteiger partial charge in [0.1, 0.15) is 11.9 Å². The minimum Gasteiger partial charge on any atom is -0.390 e. The number of nitro groups is 1. The van der Waals surface area contributed by atoms with Gasteiger partial charge in [0, 0.05) is 5.92 Å². The molecule has 0 saturated heterocycles. The van der Waals surface area contributed by atoms with Crippen molar-refractivity contribution in [3.8, 4) is 0 Å². The molecule has 0 radical (unpaired) electrons. The molecule has 0 bridgehead atoms. The van der Waals surface area contributed by atoms with Crippen LogP contribution in [-0.2, 0) is 6.54 Å². The van der Waals surface area contributed by atoms with Crippen molar-refractivity contribution in [2.45, 2.75) is 33.2 Å². The van der Waals surface area contributed by atoms with E-state index in [1.807, 2.05) is 20.8 Å². The van der Waals surface area contributed by atoms with E-state index in [1.54, 1.807) is 10.8 Å². The molecule has 13 heavy (non-hydrogen) atoms. The van der Waals surface area contributed by atoms with Crippen LogP contribution in [0.15, 0.2) is 6.20 Å². The summed E-state index contributed by atoms with van der Waals surface area (Å²) in [5.74, 6) is 0.201. The average molecular weight is 183 g/mol. The van der Waals surface area contributed by atoms with Crippen molar-refractivity contribution in [3.63, 3.8) is 0 Å². The lowest BCUT2D eigenvalue weighted by Gasteiger charge is -2.04. The summed E-state index contributed by atoms with van der Waals surface area (Å²) in [5.41, 5.74) is 0.911. The minimum absolute atomic E-state index is 0.0637. The van der Waals surface area contributed by atoms with Gasteiger partial charge in [0.15, 0.2) is 0 Å². The third-order valence-corrected chi connectivity index (χ3v) is 1.94. The van der Waals surface area contributed by atoms with Crippen LogP contribution in [0, 0.1) is 10.1 Å². The number of hydrogen-bond acceptors (Lipinski definition) is 3. The normalized spacial score (nSPS) is 10.8. The molecule has 1 aromatic rings. The van der Waals surface area contributed by atoms with E-state index in [-0.39, 0.29) is 11.9 Å². The van der Waals surface area contributed by atoms with Crippen molar-refractivity contribution < 1.29 is 4.92 Å². The standard InChI is InChI=1S/C8H13N3O2/c1-4-10-7(6(2)3)5-9-8(10)11(12)13/h5-6H,4H2,1-3H3. The predicted octanol–water partition coefficient (Wildman–Crippen LogP) is 1.93. The number of rotatable bonds is 3. The molecule has 0 aliphatic carbocycles. The molecule has 5 nitrogen and oxygen atoms in total. The molecule has 0 atom stereocenters. The van der Waals surface area contributed by atoms with Crippen LogP contribution < -0.4 is 0 Å². The van der Waals surface area contributed by atoms with Crippen molar-refractivity contribution >= 4 is 5.95 Å². The average Bonchev–Trinajstić information content (AvgIpc) is 2.46. The van der Waals surface area contributed by atoms with Crippen molar-refractivity contribution in [2.24, 2.45) is 0 Å². The van der Waals surface area contributed by atoms with Crippen LogP contribution in [0.2, 0.25) is 0 Å². The van der Waals surface area contributed by atoms with E-state index in [1.165, 1.54) is 0 Å². The number of imidazole rings is 1. The Hall–Kier alpha value is -1.39. The van der Waals surface area contributed by atoms with Crippen LogP contribution >= 0.6 is 0 Å². The van der Waals surface area contributed by atoms with Crippen LogP contribution in [0.3, 0.4) is 0 Å². The summed E-state index contributed by atoms with van der Waals surface area (Å²) in [6.45, 7) is 6.45. The molecule has 0 aliphatic heterocycles. The topological polar surface area (TPSA) is 61.0 Å². The molecule has 72 valence electrons. The van der Waals surface area contributed by atoms with Crippen LogP contribution in [0.25, 0.3) is 0 Å². The molecule has 5 heteroatoms. The van der Waals surface area contributed by atoms with Crippen molar-refractivity contribution in [2.75, 3.05) is 0 Å². The van der Waals surface area contributed by atoms with Gasteiger partial charge in [-0.05, 0) is 11.8 Å². The van der Waals surface area contributed by atoms with E-state index in [9.17, 15) is 10.1 Å². The van der Waals surface area contributed by atoms with E-state index >= 15 is 0 Å². The Labute approximate surface area is 76.5 Å². The van der Waals surface area contributed by atoms with Gasteiger partial charge < -0.3 is 10.1 Å². The summed E-state index contributed by atoms with van der Waals surface area (Å²) >= 11 is 0. The molecular formula is C8H13N3O2. The molecule has 0 fully saturated rings. The van der Waals surface area contributed by atoms with Gasteiger partial charge in [0.2, 0.25) is 0 Å². The highest BCUT2D eigenvalue weighted by atomic mass is 16.6. The van der Waals surface area contributed by atoms with Gasteiger partial charge in [-0.3, -0.25) is 0 Å². The smallest absolute Gasteiger partial charge is 0.390 e. The van der Waals surface area contributed by atoms with Crippen LogP contribution in [0.1, 0.15) is 32.4 Å². The quantitative estimate of drug-likeness (QED) is 0.531. The fourth-order valence-electron chi connectivity index (χ4n) is 1.31. The summed E-state index contributed by atoms with van der Waals surface area (Å²) in [6.07, 6.45) is 1.58. The SMILES string of the molecule is CCn1c(C(C)C)cnc1[N+](=O)[O-]. The Kier molecular flexibility index (Phi) is 2.65. The van der Waals surface area contributed by atoms with Crippen LogP contribution in [0.5, 0.6) is 0 Å². The minimum atomic E-state index is -0.449. The van der Waals surface area contributed by atoms with Gasteiger partial charge in [-0.15, -0.1) is 0 Å². The molecule has 1 heterocycles. The Balaban J connectivity index is 3.18. The van der Waals surface area contributed by atoms with Gasteiger partial charge >= 0.3 is 5.95 Å². The van der Waals surface area contributed by atoms with Gasteiger partial charge in [0.25, 0.3) is 0 Å². The van der Waals surface area contributed by atoms with Gasteiger partial charge in [-0.25, -0.2) is 4.57 Å². The third kappa shape index (κ3) is 1.68. The first kappa shape index (κ1) is 9.70. The summed E-state index contributed by atoms with van der Waals surface area (Å²) in [4.78, 5) is 13.9. The zero-order chi connectivity index (χ0) is 10.0. The first-order valence-electron chi connectivity index (χ1n) is 4.27. The second-order valence-corrected chi connectivity index (χ2v) is 3.14. The Morgan fingerprint density at radius 1 is 1.69 bits per heavy atom. The zero-order valence-electron chi connectivity index (χ0n) is 8.02. The van der Waals surface area contributed by atoms with E-state index < -0.39 is 4.92 Å². The highest BCUT2D eigenvalue weighted by molar-refractivity contribution is 5.17. The molecule has 0 N–H and O–H groups in total. The van der Waals surface area contributed by atoms with Gasteiger partial charge in [-0.2, -0.15) is 0 Å². The molecule has 0 aliphatic rings.